The van der Waals surface area contributed by atoms with Gasteiger partial charge in [-0.15, -0.1) is 0 Å². The van der Waals surface area contributed by atoms with Gasteiger partial charge in [-0.3, -0.25) is 9.78 Å². The van der Waals surface area contributed by atoms with E-state index in [0.29, 0.717) is 29.9 Å². The zero-order valence-electron chi connectivity index (χ0n) is 14.9. The van der Waals surface area contributed by atoms with Crippen molar-refractivity contribution in [2.75, 3.05) is 5.32 Å². The Morgan fingerprint density at radius 1 is 1.33 bits per heavy atom. The molecular weight excluding hydrogens is 347 g/mol. The quantitative estimate of drug-likeness (QED) is 0.638. The zero-order valence-corrected chi connectivity index (χ0v) is 14.9. The average molecular weight is 366 g/mol. The van der Waals surface area contributed by atoms with Gasteiger partial charge in [-0.1, -0.05) is 0 Å². The lowest BCUT2D eigenvalue weighted by atomic mass is 9.98. The van der Waals surface area contributed by atoms with Crippen LogP contribution in [-0.2, 0) is 12.0 Å². The van der Waals surface area contributed by atoms with Crippen LogP contribution in [0.15, 0.2) is 30.7 Å². The van der Waals surface area contributed by atoms with Gasteiger partial charge in [0.15, 0.2) is 5.65 Å². The lowest BCUT2D eigenvalue weighted by Crippen LogP contribution is -2.33. The van der Waals surface area contributed by atoms with Crippen molar-refractivity contribution in [3.63, 3.8) is 0 Å². The van der Waals surface area contributed by atoms with Gasteiger partial charge in [0.2, 0.25) is 0 Å². The Bertz CT molecular complexity index is 1060. The van der Waals surface area contributed by atoms with E-state index in [-0.39, 0.29) is 23.3 Å². The minimum Gasteiger partial charge on any atom is -0.360 e. The number of nitrogens with zero attached hydrogens (tertiary/aromatic N) is 4. The SMILES string of the molecule is C[C@@H]1CCc2ncc(F)cc2C2(CC2)Nc2ccn3ncc(c3n2)C(=O)N1. The van der Waals surface area contributed by atoms with Crippen molar-refractivity contribution in [1.82, 2.24) is 24.9 Å². The maximum Gasteiger partial charge on any atom is 0.256 e. The first-order valence-corrected chi connectivity index (χ1v) is 9.12. The Hall–Kier alpha value is -3.03. The van der Waals surface area contributed by atoms with Crippen molar-refractivity contribution in [2.24, 2.45) is 0 Å². The number of nitrogens with one attached hydrogen (secondary N) is 2. The van der Waals surface area contributed by atoms with Crippen LogP contribution in [0.2, 0.25) is 0 Å². The van der Waals surface area contributed by atoms with Crippen LogP contribution >= 0.6 is 0 Å². The second-order valence-electron chi connectivity index (χ2n) is 7.41. The van der Waals surface area contributed by atoms with Gasteiger partial charge >= 0.3 is 0 Å². The highest BCUT2D eigenvalue weighted by Gasteiger charge is 2.46. The van der Waals surface area contributed by atoms with Crippen LogP contribution in [0.4, 0.5) is 10.2 Å². The van der Waals surface area contributed by atoms with Gasteiger partial charge in [0, 0.05) is 23.5 Å². The highest BCUT2D eigenvalue weighted by molar-refractivity contribution is 5.99. The van der Waals surface area contributed by atoms with E-state index in [1.54, 1.807) is 16.8 Å². The van der Waals surface area contributed by atoms with Crippen LogP contribution in [0.5, 0.6) is 0 Å². The molecule has 1 fully saturated rings. The molecule has 0 unspecified atom stereocenters. The van der Waals surface area contributed by atoms with Gasteiger partial charge in [0.05, 0.1) is 17.9 Å². The number of carbonyl (C=O) groups is 1. The molecule has 1 spiro atoms. The van der Waals surface area contributed by atoms with Crippen molar-refractivity contribution >= 4 is 17.4 Å². The summed E-state index contributed by atoms with van der Waals surface area (Å²) in [6.45, 7) is 1.95. The predicted molar refractivity (Wildman–Crippen MR) is 97.0 cm³/mol. The summed E-state index contributed by atoms with van der Waals surface area (Å²) in [5, 5.41) is 10.7. The number of anilines is 1. The first-order valence-electron chi connectivity index (χ1n) is 9.12. The molecule has 2 aliphatic rings. The molecule has 1 saturated carbocycles. The minimum atomic E-state index is -0.356. The van der Waals surface area contributed by atoms with E-state index in [0.717, 1.165) is 24.1 Å². The predicted octanol–water partition coefficient (Wildman–Crippen LogP) is 2.43. The summed E-state index contributed by atoms with van der Waals surface area (Å²) in [4.78, 5) is 21.6. The molecule has 2 N–H and O–H groups in total. The van der Waals surface area contributed by atoms with Crippen molar-refractivity contribution in [1.29, 1.82) is 0 Å². The third kappa shape index (κ3) is 2.72. The molecule has 0 radical (unpaired) electrons. The Morgan fingerprint density at radius 2 is 2.19 bits per heavy atom. The number of hydrogen-bond donors (Lipinski definition) is 2. The summed E-state index contributed by atoms with van der Waals surface area (Å²) in [7, 11) is 0. The molecule has 0 saturated heterocycles. The summed E-state index contributed by atoms with van der Waals surface area (Å²) in [6.07, 6.45) is 7.71. The average Bonchev–Trinajstić information content (AvgIpc) is 3.29. The Labute approximate surface area is 155 Å². The molecule has 3 aromatic rings. The molecule has 2 bridgehead atoms. The maximum atomic E-state index is 14.0. The standard InChI is InChI=1S/C19H19FN6O/c1-11-2-3-15-14(8-12(20)9-21-15)19(5-6-19)25-16-4-7-26-17(24-16)13(10-22-26)18(27)23-11/h4,7-11H,2-3,5-6H2,1H3,(H,23,27)(H,24,25)/t11-/m1/s1. The van der Waals surface area contributed by atoms with E-state index >= 15 is 0 Å². The Balaban J connectivity index is 1.66. The number of aryl methyl sites for hydroxylation is 1. The third-order valence-electron chi connectivity index (χ3n) is 5.38. The van der Waals surface area contributed by atoms with Crippen LogP contribution in [0.3, 0.4) is 0 Å². The number of halogens is 1. The number of carbonyl (C=O) groups excluding carboxylic acids is 1. The minimum absolute atomic E-state index is 0.0563. The summed E-state index contributed by atoms with van der Waals surface area (Å²) < 4.78 is 15.5. The van der Waals surface area contributed by atoms with Crippen LogP contribution < -0.4 is 10.6 Å². The molecule has 1 aliphatic heterocycles. The number of pyridine rings is 1. The highest BCUT2D eigenvalue weighted by Crippen LogP contribution is 2.49. The number of amides is 1. The molecule has 138 valence electrons. The van der Waals surface area contributed by atoms with Gasteiger partial charge in [0.1, 0.15) is 17.2 Å². The van der Waals surface area contributed by atoms with E-state index in [1.165, 1.54) is 12.4 Å². The lowest BCUT2D eigenvalue weighted by Gasteiger charge is -2.22. The molecule has 27 heavy (non-hydrogen) atoms. The summed E-state index contributed by atoms with van der Waals surface area (Å²) in [6, 6.07) is 3.34. The normalized spacial score (nSPS) is 21.0. The number of rotatable bonds is 0. The Kier molecular flexibility index (Phi) is 3.43. The number of aromatic nitrogens is 4. The molecule has 8 heteroatoms. The van der Waals surface area contributed by atoms with Crippen molar-refractivity contribution in [3.8, 4) is 0 Å². The molecule has 7 nitrogen and oxygen atoms in total. The molecule has 4 heterocycles. The van der Waals surface area contributed by atoms with Gasteiger partial charge in [0.25, 0.3) is 5.91 Å². The van der Waals surface area contributed by atoms with Crippen molar-refractivity contribution in [3.05, 3.63) is 53.4 Å². The third-order valence-corrected chi connectivity index (χ3v) is 5.38. The first-order chi connectivity index (χ1) is 13.0. The molecule has 1 aliphatic carbocycles. The van der Waals surface area contributed by atoms with Gasteiger partial charge in [-0.05, 0) is 44.7 Å². The summed E-state index contributed by atoms with van der Waals surface area (Å²) in [5.74, 6) is 0.0980. The van der Waals surface area contributed by atoms with E-state index in [9.17, 15) is 9.18 Å². The van der Waals surface area contributed by atoms with Crippen LogP contribution in [-0.4, -0.2) is 31.5 Å². The van der Waals surface area contributed by atoms with E-state index in [4.69, 9.17) is 0 Å². The van der Waals surface area contributed by atoms with E-state index in [2.05, 4.69) is 25.7 Å². The van der Waals surface area contributed by atoms with E-state index < -0.39 is 0 Å². The topological polar surface area (TPSA) is 84.2 Å². The molecule has 1 amide bonds. The molecule has 0 aromatic carbocycles. The highest BCUT2D eigenvalue weighted by atomic mass is 19.1. The molecular formula is C19H19FN6O. The van der Waals surface area contributed by atoms with E-state index in [1.807, 2.05) is 13.0 Å². The van der Waals surface area contributed by atoms with Crippen molar-refractivity contribution < 1.29 is 9.18 Å². The Morgan fingerprint density at radius 3 is 3.00 bits per heavy atom. The second-order valence-corrected chi connectivity index (χ2v) is 7.41. The van der Waals surface area contributed by atoms with Gasteiger partial charge < -0.3 is 10.6 Å². The second kappa shape index (κ2) is 5.73. The van der Waals surface area contributed by atoms with Gasteiger partial charge in [-0.25, -0.2) is 13.9 Å². The van der Waals surface area contributed by atoms with Crippen LogP contribution in [0.1, 0.15) is 47.8 Å². The monoisotopic (exact) mass is 366 g/mol. The van der Waals surface area contributed by atoms with Crippen LogP contribution in [0.25, 0.3) is 5.65 Å². The number of fused-ring (bicyclic) bond motifs is 3. The fourth-order valence-corrected chi connectivity index (χ4v) is 3.74. The van der Waals surface area contributed by atoms with Crippen LogP contribution in [0, 0.1) is 5.82 Å². The molecule has 3 aromatic heterocycles. The fraction of sp³-hybridized carbons (Fsp3) is 0.368. The number of hydrogen-bond acceptors (Lipinski definition) is 5. The maximum absolute atomic E-state index is 14.0. The largest absolute Gasteiger partial charge is 0.360 e. The summed E-state index contributed by atoms with van der Waals surface area (Å²) >= 11 is 0. The molecule has 5 rings (SSSR count). The fourth-order valence-electron chi connectivity index (χ4n) is 3.74. The smallest absolute Gasteiger partial charge is 0.256 e. The van der Waals surface area contributed by atoms with Crippen molar-refractivity contribution in [2.45, 2.75) is 44.2 Å². The van der Waals surface area contributed by atoms with Gasteiger partial charge in [-0.2, -0.15) is 5.10 Å². The zero-order chi connectivity index (χ0) is 18.6. The molecule has 1 atom stereocenters. The summed E-state index contributed by atoms with van der Waals surface area (Å²) in [5.41, 5.74) is 2.33. The lowest BCUT2D eigenvalue weighted by molar-refractivity contribution is 0.0940. The first kappa shape index (κ1) is 16.2.